The molecule has 0 saturated carbocycles. The smallest absolute Gasteiger partial charge is 0.137 e. The highest BCUT2D eigenvalue weighted by Crippen LogP contribution is 2.13. The minimum atomic E-state index is 0.779. The Kier molecular flexibility index (Phi) is 2.45. The Labute approximate surface area is 78.1 Å². The van der Waals surface area contributed by atoms with Gasteiger partial charge in [0.1, 0.15) is 5.75 Å². The van der Waals surface area contributed by atoms with Gasteiger partial charge >= 0.3 is 0 Å². The summed E-state index contributed by atoms with van der Waals surface area (Å²) in [6.07, 6.45) is 2.86. The number of aromatic nitrogens is 1. The van der Waals surface area contributed by atoms with Crippen LogP contribution in [0.4, 0.5) is 0 Å². The van der Waals surface area contributed by atoms with E-state index in [9.17, 15) is 0 Å². The lowest BCUT2D eigenvalue weighted by Gasteiger charge is -2.26. The van der Waals surface area contributed by atoms with Crippen LogP contribution in [0.3, 0.4) is 0 Å². The van der Waals surface area contributed by atoms with Crippen molar-refractivity contribution in [2.45, 2.75) is 6.42 Å². The Morgan fingerprint density at radius 1 is 1.54 bits per heavy atom. The second-order valence-electron chi connectivity index (χ2n) is 3.42. The van der Waals surface area contributed by atoms with E-state index in [1.807, 2.05) is 12.1 Å². The molecule has 70 valence electrons. The number of ether oxygens (including phenoxy) is 1. The first-order chi connectivity index (χ1) is 6.38. The molecule has 2 heterocycles. The summed E-state index contributed by atoms with van der Waals surface area (Å²) in [5.74, 6) is 1.61. The van der Waals surface area contributed by atoms with E-state index in [4.69, 9.17) is 4.74 Å². The highest BCUT2D eigenvalue weighted by atomic mass is 16.5. The van der Waals surface area contributed by atoms with Gasteiger partial charge in [-0.15, -0.1) is 0 Å². The van der Waals surface area contributed by atoms with E-state index >= 15 is 0 Å². The molecule has 0 unspecified atom stereocenters. The van der Waals surface area contributed by atoms with Crippen LogP contribution in [0.25, 0.3) is 0 Å². The lowest BCUT2D eigenvalue weighted by molar-refractivity contribution is 0.343. The number of pyridine rings is 1. The Morgan fingerprint density at radius 3 is 2.85 bits per heavy atom. The maximum atomic E-state index is 5.04. The average Bonchev–Trinajstić information content (AvgIpc) is 2.12. The van der Waals surface area contributed by atoms with Gasteiger partial charge in [-0.3, -0.25) is 4.98 Å². The van der Waals surface area contributed by atoms with Crippen LogP contribution in [0.1, 0.15) is 5.69 Å². The van der Waals surface area contributed by atoms with Gasteiger partial charge in [-0.1, -0.05) is 0 Å². The van der Waals surface area contributed by atoms with Crippen LogP contribution in [0.5, 0.6) is 5.75 Å². The quantitative estimate of drug-likeness (QED) is 0.745. The van der Waals surface area contributed by atoms with E-state index in [1.165, 1.54) is 0 Å². The van der Waals surface area contributed by atoms with Crippen molar-refractivity contribution in [3.63, 3.8) is 0 Å². The van der Waals surface area contributed by atoms with E-state index in [-0.39, 0.29) is 0 Å². The van der Waals surface area contributed by atoms with Crippen molar-refractivity contribution < 1.29 is 4.74 Å². The van der Waals surface area contributed by atoms with Crippen molar-refractivity contribution in [3.05, 3.63) is 24.0 Å². The number of hydrogen-bond donors (Lipinski definition) is 1. The van der Waals surface area contributed by atoms with Crippen molar-refractivity contribution in [1.29, 1.82) is 0 Å². The Hall–Kier alpha value is -1.09. The first-order valence-corrected chi connectivity index (χ1v) is 4.58. The molecular formula is C10H14N2O. The molecule has 3 heteroatoms. The predicted molar refractivity (Wildman–Crippen MR) is 50.9 cm³/mol. The molecule has 0 bridgehead atoms. The lowest BCUT2D eigenvalue weighted by atomic mass is 9.97. The van der Waals surface area contributed by atoms with Crippen molar-refractivity contribution in [2.24, 2.45) is 5.92 Å². The number of rotatable bonds is 3. The van der Waals surface area contributed by atoms with E-state index < -0.39 is 0 Å². The summed E-state index contributed by atoms with van der Waals surface area (Å²) in [5, 5.41) is 3.25. The van der Waals surface area contributed by atoms with Gasteiger partial charge in [0.15, 0.2) is 0 Å². The van der Waals surface area contributed by atoms with Gasteiger partial charge in [0.05, 0.1) is 13.3 Å². The molecule has 0 radical (unpaired) electrons. The fourth-order valence-electron chi connectivity index (χ4n) is 1.44. The second kappa shape index (κ2) is 3.75. The molecule has 0 aromatic carbocycles. The Balaban J connectivity index is 1.96. The van der Waals surface area contributed by atoms with Crippen molar-refractivity contribution in [3.8, 4) is 5.75 Å². The van der Waals surface area contributed by atoms with Gasteiger partial charge in [-0.05, 0) is 37.6 Å². The molecular weight excluding hydrogens is 164 g/mol. The molecule has 0 aliphatic carbocycles. The Morgan fingerprint density at radius 2 is 2.38 bits per heavy atom. The highest BCUT2D eigenvalue weighted by Gasteiger charge is 2.17. The number of nitrogens with one attached hydrogen (secondary N) is 1. The van der Waals surface area contributed by atoms with E-state index in [0.717, 1.165) is 36.9 Å². The molecule has 1 aliphatic rings. The third kappa shape index (κ3) is 1.98. The molecule has 13 heavy (non-hydrogen) atoms. The Bertz CT molecular complexity index is 267. The zero-order valence-electron chi connectivity index (χ0n) is 7.79. The lowest BCUT2D eigenvalue weighted by Crippen LogP contribution is -2.43. The average molecular weight is 178 g/mol. The van der Waals surface area contributed by atoms with Gasteiger partial charge in [-0.25, -0.2) is 0 Å². The van der Waals surface area contributed by atoms with E-state index in [2.05, 4.69) is 10.3 Å². The minimum absolute atomic E-state index is 0.779. The van der Waals surface area contributed by atoms with Crippen molar-refractivity contribution in [1.82, 2.24) is 10.3 Å². The molecule has 2 rings (SSSR count). The maximum Gasteiger partial charge on any atom is 0.137 e. The molecule has 1 aromatic heterocycles. The van der Waals surface area contributed by atoms with Gasteiger partial charge in [0.25, 0.3) is 0 Å². The third-order valence-electron chi connectivity index (χ3n) is 2.40. The first kappa shape index (κ1) is 8.51. The van der Waals surface area contributed by atoms with E-state index in [0.29, 0.717) is 0 Å². The molecule has 1 saturated heterocycles. The molecule has 0 amide bonds. The molecule has 0 atom stereocenters. The molecule has 3 nitrogen and oxygen atoms in total. The highest BCUT2D eigenvalue weighted by molar-refractivity contribution is 5.20. The monoisotopic (exact) mass is 178 g/mol. The van der Waals surface area contributed by atoms with Crippen LogP contribution in [0.15, 0.2) is 18.3 Å². The standard InChI is InChI=1S/C10H14N2O/c1-13-10-3-2-9(12-7-10)4-8-5-11-6-8/h2-3,7-8,11H,4-6H2,1H3. The molecule has 0 spiro atoms. The second-order valence-corrected chi connectivity index (χ2v) is 3.42. The molecule has 1 aliphatic heterocycles. The summed E-state index contributed by atoms with van der Waals surface area (Å²) in [4.78, 5) is 4.32. The fourth-order valence-corrected chi connectivity index (χ4v) is 1.44. The van der Waals surface area contributed by atoms with Gasteiger partial charge in [0.2, 0.25) is 0 Å². The summed E-state index contributed by atoms with van der Waals surface area (Å²) >= 11 is 0. The summed E-state index contributed by atoms with van der Waals surface area (Å²) in [5.41, 5.74) is 1.16. The largest absolute Gasteiger partial charge is 0.495 e. The third-order valence-corrected chi connectivity index (χ3v) is 2.40. The van der Waals surface area contributed by atoms with Crippen LogP contribution < -0.4 is 10.1 Å². The minimum Gasteiger partial charge on any atom is -0.495 e. The summed E-state index contributed by atoms with van der Waals surface area (Å²) in [6.45, 7) is 2.27. The topological polar surface area (TPSA) is 34.1 Å². The zero-order valence-corrected chi connectivity index (χ0v) is 7.79. The summed E-state index contributed by atoms with van der Waals surface area (Å²) < 4.78 is 5.04. The predicted octanol–water partition coefficient (Wildman–Crippen LogP) is 0.852. The van der Waals surface area contributed by atoms with Crippen molar-refractivity contribution >= 4 is 0 Å². The van der Waals surface area contributed by atoms with Crippen LogP contribution in [-0.2, 0) is 6.42 Å². The fraction of sp³-hybridized carbons (Fsp3) is 0.500. The summed E-state index contributed by atoms with van der Waals surface area (Å²) in [7, 11) is 1.66. The summed E-state index contributed by atoms with van der Waals surface area (Å²) in [6, 6.07) is 4.01. The van der Waals surface area contributed by atoms with Crippen LogP contribution in [-0.4, -0.2) is 25.2 Å². The van der Waals surface area contributed by atoms with Crippen LogP contribution >= 0.6 is 0 Å². The number of hydrogen-bond acceptors (Lipinski definition) is 3. The molecule has 1 N–H and O–H groups in total. The van der Waals surface area contributed by atoms with Crippen LogP contribution in [0, 0.1) is 5.92 Å². The molecule has 1 aromatic rings. The van der Waals surface area contributed by atoms with Crippen molar-refractivity contribution in [2.75, 3.05) is 20.2 Å². The first-order valence-electron chi connectivity index (χ1n) is 4.58. The van der Waals surface area contributed by atoms with Gasteiger partial charge < -0.3 is 10.1 Å². The normalized spacial score (nSPS) is 16.7. The van der Waals surface area contributed by atoms with Gasteiger partial charge in [0, 0.05) is 5.69 Å². The van der Waals surface area contributed by atoms with E-state index in [1.54, 1.807) is 13.3 Å². The number of nitrogens with zero attached hydrogens (tertiary/aromatic N) is 1. The van der Waals surface area contributed by atoms with Crippen LogP contribution in [0.2, 0.25) is 0 Å². The zero-order chi connectivity index (χ0) is 9.10. The maximum absolute atomic E-state index is 5.04. The molecule has 1 fully saturated rings. The van der Waals surface area contributed by atoms with Gasteiger partial charge in [-0.2, -0.15) is 0 Å². The SMILES string of the molecule is COc1ccc(CC2CNC2)nc1. The number of methoxy groups -OCH3 is 1.